The number of aryl methyl sites for hydroxylation is 2. The quantitative estimate of drug-likeness (QED) is 0.738. The molecule has 0 fully saturated rings. The van der Waals surface area contributed by atoms with Crippen molar-refractivity contribution in [2.45, 2.75) is 25.3 Å². The summed E-state index contributed by atoms with van der Waals surface area (Å²) in [6, 6.07) is 11.8. The van der Waals surface area contributed by atoms with Gasteiger partial charge in [0.15, 0.2) is 16.7 Å². The number of benzene rings is 1. The predicted molar refractivity (Wildman–Crippen MR) is 91.7 cm³/mol. The van der Waals surface area contributed by atoms with E-state index in [1.165, 1.54) is 11.3 Å². The van der Waals surface area contributed by atoms with E-state index in [1.54, 1.807) is 13.8 Å². The smallest absolute Gasteiger partial charge is 0.155 e. The molecule has 0 spiro atoms. The molecule has 7 heteroatoms. The monoisotopic (exact) mass is 348 g/mol. The molecule has 0 aliphatic rings. The summed E-state index contributed by atoms with van der Waals surface area (Å²) in [7, 11) is -1.49. The second-order valence-corrected chi connectivity index (χ2v) is 7.28. The SMILES string of the molecule is Cc1noc(C)c1S(=O)Nc1cc(-c2ccccc2)sc1CO. The summed E-state index contributed by atoms with van der Waals surface area (Å²) in [6.07, 6.45) is 0. The summed E-state index contributed by atoms with van der Waals surface area (Å²) in [5, 5.41) is 13.4. The van der Waals surface area contributed by atoms with Crippen LogP contribution < -0.4 is 4.72 Å². The fourth-order valence-electron chi connectivity index (χ4n) is 2.27. The predicted octanol–water partition coefficient (Wildman–Crippen LogP) is 3.65. The van der Waals surface area contributed by atoms with Crippen LogP contribution in [0.4, 0.5) is 5.69 Å². The Morgan fingerprint density at radius 3 is 2.65 bits per heavy atom. The fourth-order valence-corrected chi connectivity index (χ4v) is 4.40. The maximum Gasteiger partial charge on any atom is 0.155 e. The van der Waals surface area contributed by atoms with Crippen LogP contribution in [-0.2, 0) is 17.6 Å². The van der Waals surface area contributed by atoms with Crippen molar-refractivity contribution in [2.75, 3.05) is 4.72 Å². The number of hydrogen-bond acceptors (Lipinski definition) is 5. The van der Waals surface area contributed by atoms with Crippen molar-refractivity contribution in [1.82, 2.24) is 5.16 Å². The van der Waals surface area contributed by atoms with Crippen LogP contribution in [0.15, 0.2) is 45.8 Å². The highest BCUT2D eigenvalue weighted by atomic mass is 32.2. The third kappa shape index (κ3) is 3.21. The molecule has 5 nitrogen and oxygen atoms in total. The molecule has 2 aromatic heterocycles. The Balaban J connectivity index is 1.91. The molecule has 0 bridgehead atoms. The summed E-state index contributed by atoms with van der Waals surface area (Å²) in [4.78, 5) is 2.29. The zero-order chi connectivity index (χ0) is 16.4. The molecule has 0 aliphatic heterocycles. The van der Waals surface area contributed by atoms with E-state index >= 15 is 0 Å². The van der Waals surface area contributed by atoms with Gasteiger partial charge in [0.25, 0.3) is 0 Å². The Labute approximate surface area is 140 Å². The maximum atomic E-state index is 12.6. The van der Waals surface area contributed by atoms with E-state index in [-0.39, 0.29) is 6.61 Å². The number of thiophene rings is 1. The van der Waals surface area contributed by atoms with Crippen LogP contribution in [0, 0.1) is 13.8 Å². The van der Waals surface area contributed by atoms with Crippen molar-refractivity contribution < 1.29 is 13.8 Å². The van der Waals surface area contributed by atoms with Gasteiger partial charge >= 0.3 is 0 Å². The maximum absolute atomic E-state index is 12.6. The van der Waals surface area contributed by atoms with Crippen molar-refractivity contribution in [3.8, 4) is 10.4 Å². The number of hydrogen-bond donors (Lipinski definition) is 2. The van der Waals surface area contributed by atoms with Gasteiger partial charge in [0.05, 0.1) is 22.9 Å². The molecule has 2 heterocycles. The number of nitrogens with one attached hydrogen (secondary N) is 1. The van der Waals surface area contributed by atoms with Crippen molar-refractivity contribution in [3.63, 3.8) is 0 Å². The largest absolute Gasteiger partial charge is 0.391 e. The third-order valence-electron chi connectivity index (χ3n) is 3.37. The lowest BCUT2D eigenvalue weighted by Gasteiger charge is -2.05. The molecule has 1 unspecified atom stereocenters. The third-order valence-corrected chi connectivity index (χ3v) is 5.89. The summed E-state index contributed by atoms with van der Waals surface area (Å²) in [5.41, 5.74) is 2.32. The minimum absolute atomic E-state index is 0.112. The Morgan fingerprint density at radius 1 is 1.30 bits per heavy atom. The first-order valence-electron chi connectivity index (χ1n) is 7.00. The number of anilines is 1. The zero-order valence-corrected chi connectivity index (χ0v) is 14.3. The number of rotatable bonds is 5. The van der Waals surface area contributed by atoms with E-state index < -0.39 is 11.0 Å². The standard InChI is InChI=1S/C16H16N2O3S2/c1-10-16(11(2)21-17-10)23(20)18-13-8-14(22-15(13)9-19)12-6-4-3-5-7-12/h3-8,18-19H,9H2,1-2H3. The first-order valence-corrected chi connectivity index (χ1v) is 8.97. The Morgan fingerprint density at radius 2 is 2.04 bits per heavy atom. The van der Waals surface area contributed by atoms with Gasteiger partial charge in [0.2, 0.25) is 0 Å². The van der Waals surface area contributed by atoms with Crippen LogP contribution in [0.2, 0.25) is 0 Å². The van der Waals surface area contributed by atoms with Crippen LogP contribution in [0.1, 0.15) is 16.3 Å². The van der Waals surface area contributed by atoms with Crippen molar-refractivity contribution in [3.05, 3.63) is 52.7 Å². The first kappa shape index (κ1) is 15.9. The topological polar surface area (TPSA) is 75.4 Å². The Kier molecular flexibility index (Phi) is 4.61. The number of aliphatic hydroxyl groups is 1. The van der Waals surface area contributed by atoms with Crippen molar-refractivity contribution in [2.24, 2.45) is 0 Å². The first-order chi connectivity index (χ1) is 11.1. The minimum Gasteiger partial charge on any atom is -0.391 e. The van der Waals surface area contributed by atoms with Crippen molar-refractivity contribution >= 4 is 28.0 Å². The second kappa shape index (κ2) is 6.66. The van der Waals surface area contributed by atoms with Crippen LogP contribution in [0.25, 0.3) is 10.4 Å². The second-order valence-electron chi connectivity index (χ2n) is 5.00. The molecule has 0 saturated heterocycles. The van der Waals surface area contributed by atoms with E-state index in [0.29, 0.717) is 22.0 Å². The molecule has 1 aromatic carbocycles. The average Bonchev–Trinajstić information content (AvgIpc) is 3.11. The summed E-state index contributed by atoms with van der Waals surface area (Å²) < 4.78 is 20.6. The van der Waals surface area contributed by atoms with Gasteiger partial charge in [-0.15, -0.1) is 11.3 Å². The summed E-state index contributed by atoms with van der Waals surface area (Å²) in [6.45, 7) is 3.37. The van der Waals surface area contributed by atoms with E-state index in [1.807, 2.05) is 36.4 Å². The van der Waals surface area contributed by atoms with Crippen LogP contribution in [0.5, 0.6) is 0 Å². The van der Waals surface area contributed by atoms with Crippen molar-refractivity contribution in [1.29, 1.82) is 0 Å². The van der Waals surface area contributed by atoms with Gasteiger partial charge in [-0.3, -0.25) is 4.72 Å². The summed E-state index contributed by atoms with van der Waals surface area (Å²) in [5.74, 6) is 0.525. The molecule has 0 amide bonds. The van der Waals surface area contributed by atoms with Gasteiger partial charge in [-0.1, -0.05) is 35.5 Å². The Hall–Kier alpha value is -1.96. The van der Waals surface area contributed by atoms with Gasteiger partial charge in [-0.05, 0) is 25.5 Å². The highest BCUT2D eigenvalue weighted by Gasteiger charge is 2.19. The molecule has 3 rings (SSSR count). The van der Waals surface area contributed by atoms with Gasteiger partial charge in [-0.25, -0.2) is 4.21 Å². The van der Waals surface area contributed by atoms with E-state index in [4.69, 9.17) is 4.52 Å². The Bertz CT molecular complexity index is 821. The molecular weight excluding hydrogens is 332 g/mol. The lowest BCUT2D eigenvalue weighted by atomic mass is 10.2. The minimum atomic E-state index is -1.49. The molecule has 3 aromatic rings. The number of aromatic nitrogens is 1. The number of nitrogens with zero attached hydrogens (tertiary/aromatic N) is 1. The highest BCUT2D eigenvalue weighted by Crippen LogP contribution is 2.35. The van der Waals surface area contributed by atoms with E-state index in [2.05, 4.69) is 9.88 Å². The van der Waals surface area contributed by atoms with Gasteiger partial charge in [0.1, 0.15) is 4.90 Å². The normalized spacial score (nSPS) is 12.3. The molecule has 0 radical (unpaired) electrons. The highest BCUT2D eigenvalue weighted by molar-refractivity contribution is 7.86. The molecular formula is C16H16N2O3S2. The lowest BCUT2D eigenvalue weighted by Crippen LogP contribution is -2.07. The number of aliphatic hydroxyl groups excluding tert-OH is 1. The van der Waals surface area contributed by atoms with E-state index in [9.17, 15) is 9.32 Å². The lowest BCUT2D eigenvalue weighted by molar-refractivity contribution is 0.286. The fraction of sp³-hybridized carbons (Fsp3) is 0.188. The van der Waals surface area contributed by atoms with Crippen LogP contribution >= 0.6 is 11.3 Å². The molecule has 120 valence electrons. The molecule has 0 aliphatic carbocycles. The van der Waals surface area contributed by atoms with Crippen LogP contribution in [-0.4, -0.2) is 14.5 Å². The average molecular weight is 348 g/mol. The van der Waals surface area contributed by atoms with E-state index in [0.717, 1.165) is 15.3 Å². The molecule has 0 saturated carbocycles. The summed E-state index contributed by atoms with van der Waals surface area (Å²) >= 11 is 1.47. The molecule has 2 N–H and O–H groups in total. The molecule has 1 atom stereocenters. The molecule has 23 heavy (non-hydrogen) atoms. The van der Waals surface area contributed by atoms with Crippen LogP contribution in [0.3, 0.4) is 0 Å². The van der Waals surface area contributed by atoms with Gasteiger partial charge < -0.3 is 9.63 Å². The zero-order valence-electron chi connectivity index (χ0n) is 12.7. The van der Waals surface area contributed by atoms with Gasteiger partial charge in [-0.2, -0.15) is 0 Å². The van der Waals surface area contributed by atoms with Gasteiger partial charge in [0, 0.05) is 4.88 Å².